The Morgan fingerprint density at radius 3 is 2.63 bits per heavy atom. The molecule has 0 radical (unpaired) electrons. The van der Waals surface area contributed by atoms with Crippen molar-refractivity contribution < 1.29 is 0 Å². The van der Waals surface area contributed by atoms with Gasteiger partial charge in [0, 0.05) is 22.7 Å². The number of hydrogen-bond donors (Lipinski definition) is 1. The van der Waals surface area contributed by atoms with E-state index in [0.717, 1.165) is 34.9 Å². The van der Waals surface area contributed by atoms with Crippen LogP contribution in [0.1, 0.15) is 30.1 Å². The molecular weight excluding hydrogens is 281 g/mol. The number of aromatic nitrogens is 2. The largest absolute Gasteiger partial charge is 0.340 e. The molecule has 0 amide bonds. The van der Waals surface area contributed by atoms with Crippen LogP contribution in [0.25, 0.3) is 0 Å². The Kier molecular flexibility index (Phi) is 3.33. The van der Waals surface area contributed by atoms with E-state index in [2.05, 4.69) is 15.3 Å². The predicted molar refractivity (Wildman–Crippen MR) is 78.5 cm³/mol. The number of aryl methyl sites for hydroxylation is 1. The SMILES string of the molecule is Cc1ccc(Nc2cc(Cl)nc(C3CC3)n2)cc1Cl. The van der Waals surface area contributed by atoms with Gasteiger partial charge in [-0.15, -0.1) is 0 Å². The monoisotopic (exact) mass is 293 g/mol. The molecule has 0 bridgehead atoms. The van der Waals surface area contributed by atoms with Crippen molar-refractivity contribution in [3.63, 3.8) is 0 Å². The van der Waals surface area contributed by atoms with Gasteiger partial charge in [0.15, 0.2) is 0 Å². The van der Waals surface area contributed by atoms with Gasteiger partial charge in [0.2, 0.25) is 0 Å². The van der Waals surface area contributed by atoms with Crippen molar-refractivity contribution in [3.8, 4) is 0 Å². The highest BCUT2D eigenvalue weighted by atomic mass is 35.5. The van der Waals surface area contributed by atoms with Crippen LogP contribution in [-0.2, 0) is 0 Å². The first-order valence-electron chi connectivity index (χ1n) is 6.19. The maximum Gasteiger partial charge on any atom is 0.135 e. The summed E-state index contributed by atoms with van der Waals surface area (Å²) < 4.78 is 0. The standard InChI is InChI=1S/C14H13Cl2N3/c1-8-2-5-10(6-11(8)15)17-13-7-12(16)18-14(19-13)9-3-4-9/h2,5-7,9H,3-4H2,1H3,(H,17,18,19). The van der Waals surface area contributed by atoms with Gasteiger partial charge in [-0.05, 0) is 37.5 Å². The van der Waals surface area contributed by atoms with Gasteiger partial charge in [-0.3, -0.25) is 0 Å². The summed E-state index contributed by atoms with van der Waals surface area (Å²) in [6.45, 7) is 1.97. The smallest absolute Gasteiger partial charge is 0.135 e. The maximum atomic E-state index is 6.10. The van der Waals surface area contributed by atoms with Gasteiger partial charge in [0.05, 0.1) is 0 Å². The lowest BCUT2D eigenvalue weighted by atomic mass is 10.2. The first-order valence-corrected chi connectivity index (χ1v) is 6.95. The molecule has 0 atom stereocenters. The number of hydrogen-bond acceptors (Lipinski definition) is 3. The Hall–Kier alpha value is -1.32. The Morgan fingerprint density at radius 2 is 1.95 bits per heavy atom. The van der Waals surface area contributed by atoms with Crippen molar-refractivity contribution >= 4 is 34.7 Å². The summed E-state index contributed by atoms with van der Waals surface area (Å²) in [4.78, 5) is 8.75. The Labute approximate surface area is 122 Å². The fraction of sp³-hybridized carbons (Fsp3) is 0.286. The zero-order valence-corrected chi connectivity index (χ0v) is 12.0. The molecule has 5 heteroatoms. The highest BCUT2D eigenvalue weighted by Gasteiger charge is 2.27. The topological polar surface area (TPSA) is 37.8 Å². The van der Waals surface area contributed by atoms with E-state index in [4.69, 9.17) is 23.2 Å². The van der Waals surface area contributed by atoms with E-state index in [9.17, 15) is 0 Å². The molecule has 19 heavy (non-hydrogen) atoms. The molecule has 1 aliphatic rings. The van der Waals surface area contributed by atoms with Crippen molar-refractivity contribution in [1.82, 2.24) is 9.97 Å². The summed E-state index contributed by atoms with van der Waals surface area (Å²) in [6.07, 6.45) is 2.30. The minimum absolute atomic E-state index is 0.470. The van der Waals surface area contributed by atoms with Crippen molar-refractivity contribution in [2.45, 2.75) is 25.7 Å². The van der Waals surface area contributed by atoms with Crippen LogP contribution in [0.5, 0.6) is 0 Å². The van der Waals surface area contributed by atoms with Crippen molar-refractivity contribution in [3.05, 3.63) is 45.8 Å². The second-order valence-electron chi connectivity index (χ2n) is 4.80. The second-order valence-corrected chi connectivity index (χ2v) is 5.59. The molecular formula is C14H13Cl2N3. The Morgan fingerprint density at radius 1 is 1.16 bits per heavy atom. The average molecular weight is 294 g/mol. The van der Waals surface area contributed by atoms with Crippen LogP contribution in [0.2, 0.25) is 10.2 Å². The molecule has 98 valence electrons. The highest BCUT2D eigenvalue weighted by molar-refractivity contribution is 6.31. The molecule has 3 nitrogen and oxygen atoms in total. The second kappa shape index (κ2) is 4.99. The van der Waals surface area contributed by atoms with Crippen LogP contribution < -0.4 is 5.32 Å². The fourth-order valence-electron chi connectivity index (χ4n) is 1.84. The lowest BCUT2D eigenvalue weighted by molar-refractivity contribution is 0.931. The molecule has 1 N–H and O–H groups in total. The zero-order chi connectivity index (χ0) is 13.4. The molecule has 0 unspecified atom stereocenters. The summed E-state index contributed by atoms with van der Waals surface area (Å²) in [5, 5.41) is 4.42. The van der Waals surface area contributed by atoms with Gasteiger partial charge in [-0.1, -0.05) is 29.3 Å². The van der Waals surface area contributed by atoms with Crippen LogP contribution in [0, 0.1) is 6.92 Å². The van der Waals surface area contributed by atoms with Gasteiger partial charge in [0.1, 0.15) is 16.8 Å². The van der Waals surface area contributed by atoms with Gasteiger partial charge >= 0.3 is 0 Å². The summed E-state index contributed by atoms with van der Waals surface area (Å²) in [7, 11) is 0. The molecule has 2 aromatic rings. The normalized spacial score (nSPS) is 14.5. The number of nitrogens with one attached hydrogen (secondary N) is 1. The number of rotatable bonds is 3. The summed E-state index contributed by atoms with van der Waals surface area (Å²) >= 11 is 12.1. The minimum Gasteiger partial charge on any atom is -0.340 e. The maximum absolute atomic E-state index is 6.10. The fourth-order valence-corrected chi connectivity index (χ4v) is 2.21. The van der Waals surface area contributed by atoms with Crippen molar-refractivity contribution in [1.29, 1.82) is 0 Å². The molecule has 0 spiro atoms. The van der Waals surface area contributed by atoms with Gasteiger partial charge < -0.3 is 5.32 Å². The van der Waals surface area contributed by atoms with E-state index in [-0.39, 0.29) is 0 Å². The summed E-state index contributed by atoms with van der Waals surface area (Å²) in [5.74, 6) is 2.01. The van der Waals surface area contributed by atoms with E-state index in [1.165, 1.54) is 0 Å². The number of benzene rings is 1. The van der Waals surface area contributed by atoms with Crippen LogP contribution >= 0.6 is 23.2 Å². The third-order valence-corrected chi connectivity index (χ3v) is 3.70. The number of halogens is 2. The van der Waals surface area contributed by atoms with Crippen LogP contribution in [0.4, 0.5) is 11.5 Å². The quantitative estimate of drug-likeness (QED) is 0.833. The van der Waals surface area contributed by atoms with Crippen LogP contribution in [-0.4, -0.2) is 9.97 Å². The zero-order valence-electron chi connectivity index (χ0n) is 10.5. The van der Waals surface area contributed by atoms with E-state index >= 15 is 0 Å². The lowest BCUT2D eigenvalue weighted by Gasteiger charge is -2.08. The number of anilines is 2. The summed E-state index contributed by atoms with van der Waals surface area (Å²) in [5.41, 5.74) is 1.94. The minimum atomic E-state index is 0.470. The average Bonchev–Trinajstić information content (AvgIpc) is 3.17. The summed E-state index contributed by atoms with van der Waals surface area (Å²) in [6, 6.07) is 7.54. The van der Waals surface area contributed by atoms with Crippen molar-refractivity contribution in [2.24, 2.45) is 0 Å². The first-order chi connectivity index (χ1) is 9.11. The molecule has 0 saturated heterocycles. The Balaban J connectivity index is 1.87. The van der Waals surface area contributed by atoms with Crippen LogP contribution in [0.3, 0.4) is 0 Å². The molecule has 1 heterocycles. The van der Waals surface area contributed by atoms with Crippen molar-refractivity contribution in [2.75, 3.05) is 5.32 Å². The van der Waals surface area contributed by atoms with E-state index in [1.54, 1.807) is 6.07 Å². The van der Waals surface area contributed by atoms with Gasteiger partial charge in [-0.25, -0.2) is 9.97 Å². The molecule has 1 fully saturated rings. The van der Waals surface area contributed by atoms with E-state index < -0.39 is 0 Å². The molecule has 1 aromatic heterocycles. The van der Waals surface area contributed by atoms with E-state index in [0.29, 0.717) is 16.9 Å². The molecule has 1 aliphatic carbocycles. The van der Waals surface area contributed by atoms with Gasteiger partial charge in [-0.2, -0.15) is 0 Å². The number of nitrogens with zero attached hydrogens (tertiary/aromatic N) is 2. The highest BCUT2D eigenvalue weighted by Crippen LogP contribution is 2.39. The van der Waals surface area contributed by atoms with E-state index in [1.807, 2.05) is 25.1 Å². The third-order valence-electron chi connectivity index (χ3n) is 3.10. The molecule has 1 aromatic carbocycles. The lowest BCUT2D eigenvalue weighted by Crippen LogP contribution is -1.99. The predicted octanol–water partition coefficient (Wildman–Crippen LogP) is 4.71. The molecule has 1 saturated carbocycles. The molecule has 0 aliphatic heterocycles. The molecule has 3 rings (SSSR count). The Bertz CT molecular complexity index is 624. The van der Waals surface area contributed by atoms with Gasteiger partial charge in [0.25, 0.3) is 0 Å². The van der Waals surface area contributed by atoms with Crippen LogP contribution in [0.15, 0.2) is 24.3 Å². The third kappa shape index (κ3) is 2.99. The first kappa shape index (κ1) is 12.7.